The number of piperidine rings is 1. The zero-order valence-corrected chi connectivity index (χ0v) is 16.1. The molecule has 0 aliphatic carbocycles. The first kappa shape index (κ1) is 21.1. The van der Waals surface area contributed by atoms with Crippen LogP contribution in [-0.2, 0) is 11.3 Å². The maximum absolute atomic E-state index is 12.3. The number of hydrogen-bond donors (Lipinski definition) is 1. The number of non-ortho nitro benzene ring substituents is 2. The number of nitro groups is 2. The molecule has 0 aromatic heterocycles. The Kier molecular flexibility index (Phi) is 6.81. The van der Waals surface area contributed by atoms with Gasteiger partial charge in [-0.2, -0.15) is 5.10 Å². The maximum Gasteiger partial charge on any atom is 0.269 e. The van der Waals surface area contributed by atoms with Gasteiger partial charge in [0.25, 0.3) is 11.4 Å². The number of benzene rings is 2. The second kappa shape index (κ2) is 9.70. The number of rotatable bonds is 7. The Labute approximate surface area is 172 Å². The van der Waals surface area contributed by atoms with Crippen LogP contribution in [0.25, 0.3) is 0 Å². The monoisotopic (exact) mass is 411 g/mol. The average Bonchev–Trinajstić information content (AvgIpc) is 2.75. The summed E-state index contributed by atoms with van der Waals surface area (Å²) in [5.41, 5.74) is 4.25. The van der Waals surface area contributed by atoms with Crippen LogP contribution in [0.2, 0.25) is 0 Å². The van der Waals surface area contributed by atoms with E-state index < -0.39 is 9.85 Å². The molecular formula is C20H21N5O5. The van der Waals surface area contributed by atoms with Crippen LogP contribution in [-0.4, -0.2) is 40.0 Å². The molecule has 0 spiro atoms. The van der Waals surface area contributed by atoms with Gasteiger partial charge in [-0.05, 0) is 49.2 Å². The molecule has 2 aromatic rings. The molecule has 3 rings (SSSR count). The Morgan fingerprint density at radius 2 is 1.53 bits per heavy atom. The van der Waals surface area contributed by atoms with Gasteiger partial charge in [-0.3, -0.25) is 29.9 Å². The van der Waals surface area contributed by atoms with Gasteiger partial charge in [0.1, 0.15) is 0 Å². The van der Waals surface area contributed by atoms with Crippen LogP contribution in [0, 0.1) is 26.1 Å². The molecule has 1 amide bonds. The van der Waals surface area contributed by atoms with Crippen molar-refractivity contribution < 1.29 is 14.6 Å². The highest BCUT2D eigenvalue weighted by atomic mass is 16.6. The number of hydrazone groups is 1. The Balaban J connectivity index is 1.43. The summed E-state index contributed by atoms with van der Waals surface area (Å²) in [6.07, 6.45) is 2.85. The summed E-state index contributed by atoms with van der Waals surface area (Å²) < 4.78 is 0. The number of hydrogen-bond acceptors (Lipinski definition) is 7. The second-order valence-corrected chi connectivity index (χ2v) is 7.06. The standard InChI is InChI=1S/C20H21N5O5/c26-20(22-21-13-15-1-5-18(6-2-15)24(27)28)17-9-11-23(12-10-17)14-16-3-7-19(8-4-16)25(29)30/h1-8,13,17H,9-12,14H2,(H,22,26). The first-order chi connectivity index (χ1) is 14.4. The molecule has 1 heterocycles. The minimum absolute atomic E-state index is 0.00308. The fourth-order valence-corrected chi connectivity index (χ4v) is 3.28. The maximum atomic E-state index is 12.3. The molecular weight excluding hydrogens is 390 g/mol. The van der Waals surface area contributed by atoms with Gasteiger partial charge in [-0.15, -0.1) is 0 Å². The molecule has 0 bridgehead atoms. The Bertz CT molecular complexity index is 935. The van der Waals surface area contributed by atoms with E-state index in [1.165, 1.54) is 30.5 Å². The van der Waals surface area contributed by atoms with Crippen LogP contribution in [0.3, 0.4) is 0 Å². The van der Waals surface area contributed by atoms with Crippen LogP contribution in [0.4, 0.5) is 11.4 Å². The van der Waals surface area contributed by atoms with Crippen molar-refractivity contribution >= 4 is 23.5 Å². The molecule has 10 nitrogen and oxygen atoms in total. The highest BCUT2D eigenvalue weighted by molar-refractivity contribution is 5.83. The summed E-state index contributed by atoms with van der Waals surface area (Å²) in [7, 11) is 0. The van der Waals surface area contributed by atoms with E-state index in [1.807, 2.05) is 0 Å². The van der Waals surface area contributed by atoms with E-state index in [0.717, 1.165) is 18.7 Å². The van der Waals surface area contributed by atoms with E-state index in [2.05, 4.69) is 15.4 Å². The Morgan fingerprint density at radius 3 is 2.07 bits per heavy atom. The van der Waals surface area contributed by atoms with Crippen LogP contribution >= 0.6 is 0 Å². The lowest BCUT2D eigenvalue weighted by atomic mass is 9.96. The molecule has 1 saturated heterocycles. The molecule has 0 radical (unpaired) electrons. The molecule has 156 valence electrons. The van der Waals surface area contributed by atoms with Crippen LogP contribution in [0.1, 0.15) is 24.0 Å². The average molecular weight is 411 g/mol. The van der Waals surface area contributed by atoms with Crippen molar-refractivity contribution in [2.45, 2.75) is 19.4 Å². The summed E-state index contributed by atoms with van der Waals surface area (Å²) >= 11 is 0. The molecule has 1 N–H and O–H groups in total. The van der Waals surface area contributed by atoms with Gasteiger partial charge in [-0.25, -0.2) is 5.43 Å². The van der Waals surface area contributed by atoms with Crippen molar-refractivity contribution in [3.05, 3.63) is 79.9 Å². The van der Waals surface area contributed by atoms with Gasteiger partial charge in [0.15, 0.2) is 0 Å². The Hall–Kier alpha value is -3.66. The highest BCUT2D eigenvalue weighted by Gasteiger charge is 2.24. The number of likely N-dealkylation sites (tertiary alicyclic amines) is 1. The summed E-state index contributed by atoms with van der Waals surface area (Å²) in [4.78, 5) is 35.0. The predicted molar refractivity (Wildman–Crippen MR) is 110 cm³/mol. The van der Waals surface area contributed by atoms with Crippen molar-refractivity contribution in [3.8, 4) is 0 Å². The topological polar surface area (TPSA) is 131 Å². The third-order valence-electron chi connectivity index (χ3n) is 5.00. The first-order valence-electron chi connectivity index (χ1n) is 9.45. The third kappa shape index (κ3) is 5.67. The summed E-state index contributed by atoms with van der Waals surface area (Å²) in [5, 5.41) is 25.3. The largest absolute Gasteiger partial charge is 0.299 e. The minimum atomic E-state index is -0.476. The van der Waals surface area contributed by atoms with Crippen molar-refractivity contribution in [1.82, 2.24) is 10.3 Å². The molecule has 0 unspecified atom stereocenters. The fraction of sp³-hybridized carbons (Fsp3) is 0.300. The minimum Gasteiger partial charge on any atom is -0.299 e. The zero-order chi connectivity index (χ0) is 21.5. The molecule has 30 heavy (non-hydrogen) atoms. The van der Waals surface area contributed by atoms with E-state index in [4.69, 9.17) is 0 Å². The smallest absolute Gasteiger partial charge is 0.269 e. The summed E-state index contributed by atoms with van der Waals surface area (Å²) in [6.45, 7) is 2.19. The molecule has 1 aliphatic heterocycles. The number of carbonyl (C=O) groups is 1. The molecule has 0 saturated carbocycles. The van der Waals surface area contributed by atoms with Gasteiger partial charge >= 0.3 is 0 Å². The van der Waals surface area contributed by atoms with Gasteiger partial charge < -0.3 is 0 Å². The van der Waals surface area contributed by atoms with Crippen molar-refractivity contribution in [2.75, 3.05) is 13.1 Å². The zero-order valence-electron chi connectivity index (χ0n) is 16.1. The Morgan fingerprint density at radius 1 is 1.00 bits per heavy atom. The number of nitro benzene ring substituents is 2. The van der Waals surface area contributed by atoms with E-state index in [1.54, 1.807) is 24.3 Å². The third-order valence-corrected chi connectivity index (χ3v) is 5.00. The number of nitrogens with one attached hydrogen (secondary N) is 1. The van der Waals surface area contributed by atoms with Crippen molar-refractivity contribution in [3.63, 3.8) is 0 Å². The molecule has 1 aliphatic rings. The van der Waals surface area contributed by atoms with Gasteiger partial charge in [0.05, 0.1) is 16.1 Å². The van der Waals surface area contributed by atoms with E-state index in [9.17, 15) is 25.0 Å². The number of amides is 1. The first-order valence-corrected chi connectivity index (χ1v) is 9.45. The van der Waals surface area contributed by atoms with E-state index >= 15 is 0 Å². The van der Waals surface area contributed by atoms with Gasteiger partial charge in [0.2, 0.25) is 5.91 Å². The summed E-state index contributed by atoms with van der Waals surface area (Å²) in [6, 6.07) is 12.4. The second-order valence-electron chi connectivity index (χ2n) is 7.06. The number of carbonyl (C=O) groups excluding carboxylic acids is 1. The van der Waals surface area contributed by atoms with Crippen molar-refractivity contribution in [2.24, 2.45) is 11.0 Å². The lowest BCUT2D eigenvalue weighted by Gasteiger charge is -2.30. The van der Waals surface area contributed by atoms with Crippen LogP contribution in [0.5, 0.6) is 0 Å². The highest BCUT2D eigenvalue weighted by Crippen LogP contribution is 2.20. The number of nitrogens with zero attached hydrogens (tertiary/aromatic N) is 4. The van der Waals surface area contributed by atoms with E-state index in [0.29, 0.717) is 24.9 Å². The van der Waals surface area contributed by atoms with Gasteiger partial charge in [0, 0.05) is 36.7 Å². The lowest BCUT2D eigenvalue weighted by molar-refractivity contribution is -0.385. The predicted octanol–water partition coefficient (Wildman–Crippen LogP) is 2.87. The lowest BCUT2D eigenvalue weighted by Crippen LogP contribution is -2.39. The molecule has 2 aromatic carbocycles. The molecule has 10 heteroatoms. The van der Waals surface area contributed by atoms with Crippen LogP contribution < -0.4 is 5.43 Å². The van der Waals surface area contributed by atoms with E-state index in [-0.39, 0.29) is 23.2 Å². The quantitative estimate of drug-likeness (QED) is 0.423. The molecule has 0 atom stereocenters. The fourth-order valence-electron chi connectivity index (χ4n) is 3.28. The van der Waals surface area contributed by atoms with Gasteiger partial charge in [-0.1, -0.05) is 12.1 Å². The van der Waals surface area contributed by atoms with Crippen molar-refractivity contribution in [1.29, 1.82) is 0 Å². The normalized spacial score (nSPS) is 15.2. The SMILES string of the molecule is O=C(NN=Cc1ccc([N+](=O)[O-])cc1)C1CCN(Cc2ccc([N+](=O)[O-])cc2)CC1. The van der Waals surface area contributed by atoms with Crippen LogP contribution in [0.15, 0.2) is 53.6 Å². The summed E-state index contributed by atoms with van der Waals surface area (Å²) in [5.74, 6) is -0.282. The molecule has 1 fully saturated rings.